The Bertz CT molecular complexity index is 307. The molecule has 0 bridgehead atoms. The van der Waals surface area contributed by atoms with Crippen LogP contribution in [-0.4, -0.2) is 23.0 Å². The second-order valence-corrected chi connectivity index (χ2v) is 5.97. The minimum absolute atomic E-state index is 0.0146. The lowest BCUT2D eigenvalue weighted by molar-refractivity contribution is -0.123. The molecule has 0 heterocycles. The number of nitrogens with zero attached hydrogens (tertiary/aromatic N) is 1. The van der Waals surface area contributed by atoms with Gasteiger partial charge in [0.25, 0.3) is 0 Å². The zero-order valence-electron chi connectivity index (χ0n) is 10.9. The maximum absolute atomic E-state index is 11.8. The molecule has 1 aliphatic carbocycles. The van der Waals surface area contributed by atoms with E-state index in [4.69, 9.17) is 10.9 Å². The number of amidine groups is 1. The van der Waals surface area contributed by atoms with Gasteiger partial charge in [0.15, 0.2) is 0 Å². The van der Waals surface area contributed by atoms with Gasteiger partial charge in [0.05, 0.1) is 0 Å². The van der Waals surface area contributed by atoms with Gasteiger partial charge in [0, 0.05) is 18.4 Å². The van der Waals surface area contributed by atoms with Crippen LogP contribution in [0.3, 0.4) is 0 Å². The molecule has 0 spiro atoms. The molecule has 0 aliphatic heterocycles. The van der Waals surface area contributed by atoms with E-state index in [-0.39, 0.29) is 29.1 Å². The van der Waals surface area contributed by atoms with Crippen LogP contribution in [0.25, 0.3) is 0 Å². The van der Waals surface area contributed by atoms with Gasteiger partial charge in [0.1, 0.15) is 5.84 Å². The molecule has 0 radical (unpaired) electrons. The molecule has 5 heteroatoms. The summed E-state index contributed by atoms with van der Waals surface area (Å²) in [6.07, 6.45) is 3.26. The Kier molecular flexibility index (Phi) is 4.37. The highest BCUT2D eigenvalue weighted by molar-refractivity contribution is 5.84. The number of nitrogens with two attached hydrogens (primary N) is 1. The SMILES string of the molecule is CC(C)(C)CC(=O)NC1CCCC1C(N)=NO. The van der Waals surface area contributed by atoms with Crippen molar-refractivity contribution < 1.29 is 10.0 Å². The van der Waals surface area contributed by atoms with Crippen molar-refractivity contribution in [2.75, 3.05) is 0 Å². The van der Waals surface area contributed by atoms with Crippen LogP contribution in [-0.2, 0) is 4.79 Å². The predicted molar refractivity (Wildman–Crippen MR) is 66.8 cm³/mol. The van der Waals surface area contributed by atoms with Crippen LogP contribution in [0.1, 0.15) is 46.5 Å². The van der Waals surface area contributed by atoms with Gasteiger partial charge < -0.3 is 16.3 Å². The minimum atomic E-state index is -0.0241. The highest BCUT2D eigenvalue weighted by Crippen LogP contribution is 2.26. The van der Waals surface area contributed by atoms with E-state index in [0.717, 1.165) is 19.3 Å². The Balaban J connectivity index is 2.53. The molecule has 1 aliphatic rings. The average Bonchev–Trinajstić information content (AvgIpc) is 2.61. The lowest BCUT2D eigenvalue weighted by Gasteiger charge is -2.23. The van der Waals surface area contributed by atoms with Crippen LogP contribution >= 0.6 is 0 Å². The van der Waals surface area contributed by atoms with Crippen molar-refractivity contribution in [1.29, 1.82) is 0 Å². The third-order valence-electron chi connectivity index (χ3n) is 3.05. The largest absolute Gasteiger partial charge is 0.409 e. The quantitative estimate of drug-likeness (QED) is 0.302. The molecule has 0 saturated heterocycles. The number of rotatable bonds is 3. The standard InChI is InChI=1S/C12H23N3O2/c1-12(2,3)7-10(16)14-9-6-4-5-8(9)11(13)15-17/h8-9,17H,4-7H2,1-3H3,(H2,13,15)(H,14,16). The molecule has 1 fully saturated rings. The summed E-state index contributed by atoms with van der Waals surface area (Å²) in [5.74, 6) is 0.243. The smallest absolute Gasteiger partial charge is 0.220 e. The summed E-state index contributed by atoms with van der Waals surface area (Å²) in [4.78, 5) is 11.8. The van der Waals surface area contributed by atoms with Crippen molar-refractivity contribution in [3.05, 3.63) is 0 Å². The monoisotopic (exact) mass is 241 g/mol. The van der Waals surface area contributed by atoms with Crippen molar-refractivity contribution in [3.63, 3.8) is 0 Å². The van der Waals surface area contributed by atoms with Crippen molar-refractivity contribution in [3.8, 4) is 0 Å². The highest BCUT2D eigenvalue weighted by Gasteiger charge is 2.32. The molecule has 2 unspecified atom stereocenters. The first kappa shape index (κ1) is 13.8. The third-order valence-corrected chi connectivity index (χ3v) is 3.05. The van der Waals surface area contributed by atoms with Gasteiger partial charge in [-0.05, 0) is 18.3 Å². The van der Waals surface area contributed by atoms with E-state index in [9.17, 15) is 4.79 Å². The summed E-state index contributed by atoms with van der Waals surface area (Å²) in [5, 5.41) is 14.7. The number of carbonyl (C=O) groups excluding carboxylic acids is 1. The zero-order valence-corrected chi connectivity index (χ0v) is 10.9. The molecule has 1 saturated carbocycles. The molecule has 98 valence electrons. The Labute approximate surface area is 102 Å². The highest BCUT2D eigenvalue weighted by atomic mass is 16.4. The topological polar surface area (TPSA) is 87.7 Å². The molecule has 0 aromatic rings. The van der Waals surface area contributed by atoms with Crippen LogP contribution in [0, 0.1) is 11.3 Å². The predicted octanol–water partition coefficient (Wildman–Crippen LogP) is 1.45. The number of amides is 1. The Hall–Kier alpha value is -1.26. The van der Waals surface area contributed by atoms with Gasteiger partial charge in [-0.1, -0.05) is 32.3 Å². The van der Waals surface area contributed by atoms with Gasteiger partial charge in [-0.15, -0.1) is 0 Å². The van der Waals surface area contributed by atoms with Gasteiger partial charge in [-0.3, -0.25) is 4.79 Å². The maximum atomic E-state index is 11.8. The molecule has 17 heavy (non-hydrogen) atoms. The lowest BCUT2D eigenvalue weighted by atomic mass is 9.91. The minimum Gasteiger partial charge on any atom is -0.409 e. The van der Waals surface area contributed by atoms with Gasteiger partial charge in [-0.2, -0.15) is 0 Å². The van der Waals surface area contributed by atoms with Crippen LogP contribution in [0.15, 0.2) is 5.16 Å². The first-order valence-corrected chi connectivity index (χ1v) is 6.10. The zero-order chi connectivity index (χ0) is 13.1. The van der Waals surface area contributed by atoms with Gasteiger partial charge >= 0.3 is 0 Å². The Morgan fingerprint density at radius 1 is 1.47 bits per heavy atom. The third kappa shape index (κ3) is 4.24. The summed E-state index contributed by atoms with van der Waals surface area (Å²) in [6.45, 7) is 6.09. The normalized spacial score (nSPS) is 25.9. The Morgan fingerprint density at radius 3 is 2.65 bits per heavy atom. The molecular formula is C12H23N3O2. The Morgan fingerprint density at radius 2 is 2.12 bits per heavy atom. The van der Waals surface area contributed by atoms with Crippen LogP contribution < -0.4 is 11.1 Å². The van der Waals surface area contributed by atoms with E-state index in [1.54, 1.807) is 0 Å². The van der Waals surface area contributed by atoms with E-state index >= 15 is 0 Å². The second kappa shape index (κ2) is 5.38. The molecule has 1 amide bonds. The summed E-state index contributed by atoms with van der Waals surface area (Å²) in [7, 11) is 0. The van der Waals surface area contributed by atoms with E-state index in [1.165, 1.54) is 0 Å². The van der Waals surface area contributed by atoms with Crippen molar-refractivity contribution in [2.45, 2.75) is 52.5 Å². The maximum Gasteiger partial charge on any atom is 0.220 e. The van der Waals surface area contributed by atoms with Crippen LogP contribution in [0.4, 0.5) is 0 Å². The number of carbonyl (C=O) groups is 1. The number of hydrogen-bond acceptors (Lipinski definition) is 3. The van der Waals surface area contributed by atoms with Crippen molar-refractivity contribution in [2.24, 2.45) is 22.2 Å². The molecule has 5 nitrogen and oxygen atoms in total. The molecule has 1 rings (SSSR count). The molecular weight excluding hydrogens is 218 g/mol. The summed E-state index contributed by atoms with van der Waals surface area (Å²) in [6, 6.07) is 0.0146. The molecule has 2 atom stereocenters. The van der Waals surface area contributed by atoms with E-state index < -0.39 is 0 Å². The van der Waals surface area contributed by atoms with Crippen LogP contribution in [0.5, 0.6) is 0 Å². The van der Waals surface area contributed by atoms with Gasteiger partial charge in [-0.25, -0.2) is 0 Å². The van der Waals surface area contributed by atoms with E-state index in [1.807, 2.05) is 20.8 Å². The fourth-order valence-corrected chi connectivity index (χ4v) is 2.30. The van der Waals surface area contributed by atoms with Gasteiger partial charge in [0.2, 0.25) is 5.91 Å². The average molecular weight is 241 g/mol. The number of hydrogen-bond donors (Lipinski definition) is 3. The first-order chi connectivity index (χ1) is 7.83. The molecule has 0 aromatic carbocycles. The lowest BCUT2D eigenvalue weighted by Crippen LogP contribution is -2.43. The summed E-state index contributed by atoms with van der Waals surface area (Å²) < 4.78 is 0. The van der Waals surface area contributed by atoms with Crippen molar-refractivity contribution in [1.82, 2.24) is 5.32 Å². The molecule has 4 N–H and O–H groups in total. The summed E-state index contributed by atoms with van der Waals surface area (Å²) in [5.41, 5.74) is 5.60. The number of nitrogens with one attached hydrogen (secondary N) is 1. The fourth-order valence-electron chi connectivity index (χ4n) is 2.30. The second-order valence-electron chi connectivity index (χ2n) is 5.97. The van der Waals surface area contributed by atoms with Crippen LogP contribution in [0.2, 0.25) is 0 Å². The van der Waals surface area contributed by atoms with E-state index in [2.05, 4.69) is 10.5 Å². The van der Waals surface area contributed by atoms with Crippen molar-refractivity contribution >= 4 is 11.7 Å². The molecule has 0 aromatic heterocycles. The summed E-state index contributed by atoms with van der Waals surface area (Å²) >= 11 is 0. The first-order valence-electron chi connectivity index (χ1n) is 6.10. The fraction of sp³-hybridized carbons (Fsp3) is 0.833. The van der Waals surface area contributed by atoms with E-state index in [0.29, 0.717) is 6.42 Å². The number of oxime groups is 1.